The molecule has 0 heterocycles. The molecule has 0 saturated carbocycles. The quantitative estimate of drug-likeness (QED) is 0.692. The first-order valence-electron chi connectivity index (χ1n) is 7.34. The molecule has 0 bridgehead atoms. The zero-order chi connectivity index (χ0) is 15.2. The molecule has 0 saturated heterocycles. The minimum absolute atomic E-state index is 0.323. The molecule has 0 fully saturated rings. The van der Waals surface area contributed by atoms with Crippen molar-refractivity contribution in [2.75, 3.05) is 6.54 Å². The molecule has 1 atom stereocenters. The fraction of sp³-hybridized carbons (Fsp3) is 0.333. The molecule has 21 heavy (non-hydrogen) atoms. The van der Waals surface area contributed by atoms with Gasteiger partial charge in [0, 0.05) is 15.5 Å². The number of nitrogens with one attached hydrogen (secondary N) is 1. The summed E-state index contributed by atoms with van der Waals surface area (Å²) in [5, 5.41) is 4.45. The summed E-state index contributed by atoms with van der Waals surface area (Å²) < 4.78 is 1.12. The van der Waals surface area contributed by atoms with Crippen molar-refractivity contribution in [3.63, 3.8) is 0 Å². The topological polar surface area (TPSA) is 12.0 Å². The highest BCUT2D eigenvalue weighted by Gasteiger charge is 2.14. The summed E-state index contributed by atoms with van der Waals surface area (Å²) in [5.74, 6) is 0. The van der Waals surface area contributed by atoms with Gasteiger partial charge in [-0.1, -0.05) is 52.7 Å². The van der Waals surface area contributed by atoms with Gasteiger partial charge in [-0.2, -0.15) is 0 Å². The summed E-state index contributed by atoms with van der Waals surface area (Å²) in [6.07, 6.45) is 2.11. The molecular formula is C18H21BrClN. The zero-order valence-corrected chi connectivity index (χ0v) is 14.8. The Morgan fingerprint density at radius 2 is 1.86 bits per heavy atom. The molecule has 2 rings (SSSR count). The summed E-state index contributed by atoms with van der Waals surface area (Å²) in [5.41, 5.74) is 3.91. The van der Waals surface area contributed by atoms with Gasteiger partial charge in [-0.05, 0) is 67.3 Å². The van der Waals surface area contributed by atoms with Gasteiger partial charge < -0.3 is 5.32 Å². The molecule has 0 aliphatic heterocycles. The van der Waals surface area contributed by atoms with Crippen molar-refractivity contribution in [2.24, 2.45) is 0 Å². The van der Waals surface area contributed by atoms with Gasteiger partial charge in [0.15, 0.2) is 0 Å². The van der Waals surface area contributed by atoms with Crippen LogP contribution in [0.5, 0.6) is 0 Å². The first-order chi connectivity index (χ1) is 10.1. The molecule has 0 aromatic heterocycles. The van der Waals surface area contributed by atoms with E-state index in [9.17, 15) is 0 Å². The average molecular weight is 367 g/mol. The van der Waals surface area contributed by atoms with Crippen molar-refractivity contribution in [1.82, 2.24) is 5.32 Å². The molecule has 0 radical (unpaired) electrons. The predicted octanol–water partition coefficient (Wildman–Crippen LogP) is 5.69. The van der Waals surface area contributed by atoms with Gasteiger partial charge in [0.2, 0.25) is 0 Å². The van der Waals surface area contributed by atoms with Crippen LogP contribution in [0, 0.1) is 6.92 Å². The standard InChI is InChI=1S/C18H21BrClN/c1-3-10-21-18(12-14-4-6-15(19)7-5-14)17-9-8-16(20)11-13(17)2/h4-9,11,18,21H,3,10,12H2,1-2H3. The molecule has 0 amide bonds. The summed E-state index contributed by atoms with van der Waals surface area (Å²) in [6.45, 7) is 5.34. The average Bonchev–Trinajstić information content (AvgIpc) is 2.46. The van der Waals surface area contributed by atoms with E-state index in [1.54, 1.807) is 0 Å². The van der Waals surface area contributed by atoms with Crippen LogP contribution in [-0.2, 0) is 6.42 Å². The third kappa shape index (κ3) is 4.84. The molecule has 0 aliphatic rings. The Labute approximate surface area is 140 Å². The fourth-order valence-electron chi connectivity index (χ4n) is 2.50. The van der Waals surface area contributed by atoms with Crippen molar-refractivity contribution in [2.45, 2.75) is 32.7 Å². The van der Waals surface area contributed by atoms with Gasteiger partial charge in [-0.15, -0.1) is 0 Å². The molecular weight excluding hydrogens is 346 g/mol. The number of halogens is 2. The Morgan fingerprint density at radius 3 is 2.48 bits per heavy atom. The maximum Gasteiger partial charge on any atom is 0.0408 e. The maximum atomic E-state index is 6.08. The van der Waals surface area contributed by atoms with Crippen molar-refractivity contribution < 1.29 is 0 Å². The summed E-state index contributed by atoms with van der Waals surface area (Å²) >= 11 is 9.57. The van der Waals surface area contributed by atoms with Gasteiger partial charge in [0.05, 0.1) is 0 Å². The third-order valence-corrected chi connectivity index (χ3v) is 4.36. The Kier molecular flexibility index (Phi) is 6.28. The molecule has 2 aromatic carbocycles. The fourth-order valence-corrected chi connectivity index (χ4v) is 2.99. The molecule has 112 valence electrons. The Balaban J connectivity index is 2.22. The van der Waals surface area contributed by atoms with E-state index in [4.69, 9.17) is 11.6 Å². The van der Waals surface area contributed by atoms with E-state index < -0.39 is 0 Å². The van der Waals surface area contributed by atoms with E-state index in [2.05, 4.69) is 65.4 Å². The lowest BCUT2D eigenvalue weighted by atomic mass is 9.95. The van der Waals surface area contributed by atoms with E-state index in [0.717, 1.165) is 28.9 Å². The second-order valence-corrected chi connectivity index (χ2v) is 6.69. The van der Waals surface area contributed by atoms with Crippen LogP contribution in [0.15, 0.2) is 46.9 Å². The number of hydrogen-bond acceptors (Lipinski definition) is 1. The zero-order valence-electron chi connectivity index (χ0n) is 12.5. The molecule has 2 aromatic rings. The predicted molar refractivity (Wildman–Crippen MR) is 95.1 cm³/mol. The number of rotatable bonds is 6. The largest absolute Gasteiger partial charge is 0.310 e. The highest BCUT2D eigenvalue weighted by atomic mass is 79.9. The monoisotopic (exact) mass is 365 g/mol. The summed E-state index contributed by atoms with van der Waals surface area (Å²) in [7, 11) is 0. The lowest BCUT2D eigenvalue weighted by Gasteiger charge is -2.21. The van der Waals surface area contributed by atoms with Crippen molar-refractivity contribution in [1.29, 1.82) is 0 Å². The summed E-state index contributed by atoms with van der Waals surface area (Å²) in [4.78, 5) is 0. The van der Waals surface area contributed by atoms with E-state index in [0.29, 0.717) is 6.04 Å². The first kappa shape index (κ1) is 16.5. The van der Waals surface area contributed by atoms with Gasteiger partial charge in [0.25, 0.3) is 0 Å². The third-order valence-electron chi connectivity index (χ3n) is 3.60. The van der Waals surface area contributed by atoms with Gasteiger partial charge >= 0.3 is 0 Å². The molecule has 1 unspecified atom stereocenters. The number of hydrogen-bond donors (Lipinski definition) is 1. The Morgan fingerprint density at radius 1 is 1.14 bits per heavy atom. The van der Waals surface area contributed by atoms with Crippen LogP contribution in [0.4, 0.5) is 0 Å². The number of aryl methyl sites for hydroxylation is 1. The van der Waals surface area contributed by atoms with E-state index in [1.165, 1.54) is 16.7 Å². The van der Waals surface area contributed by atoms with Crippen LogP contribution in [0.25, 0.3) is 0 Å². The first-order valence-corrected chi connectivity index (χ1v) is 8.51. The smallest absolute Gasteiger partial charge is 0.0408 e. The second-order valence-electron chi connectivity index (χ2n) is 5.34. The SMILES string of the molecule is CCCNC(Cc1ccc(Br)cc1)c1ccc(Cl)cc1C. The van der Waals surface area contributed by atoms with E-state index in [-0.39, 0.29) is 0 Å². The minimum atomic E-state index is 0.323. The highest BCUT2D eigenvalue weighted by molar-refractivity contribution is 9.10. The number of benzene rings is 2. The molecule has 1 nitrogen and oxygen atoms in total. The molecule has 1 N–H and O–H groups in total. The van der Waals surface area contributed by atoms with Crippen molar-refractivity contribution >= 4 is 27.5 Å². The van der Waals surface area contributed by atoms with Gasteiger partial charge in [0.1, 0.15) is 0 Å². The molecule has 3 heteroatoms. The summed E-state index contributed by atoms with van der Waals surface area (Å²) in [6, 6.07) is 15.0. The lowest BCUT2D eigenvalue weighted by Crippen LogP contribution is -2.24. The van der Waals surface area contributed by atoms with Crippen LogP contribution in [-0.4, -0.2) is 6.54 Å². The molecule has 0 spiro atoms. The van der Waals surface area contributed by atoms with Crippen LogP contribution < -0.4 is 5.32 Å². The van der Waals surface area contributed by atoms with Crippen LogP contribution in [0.1, 0.15) is 36.1 Å². The van der Waals surface area contributed by atoms with Crippen LogP contribution in [0.3, 0.4) is 0 Å². The van der Waals surface area contributed by atoms with Crippen LogP contribution in [0.2, 0.25) is 5.02 Å². The molecule has 0 aliphatic carbocycles. The van der Waals surface area contributed by atoms with Gasteiger partial charge in [-0.25, -0.2) is 0 Å². The van der Waals surface area contributed by atoms with Crippen molar-refractivity contribution in [3.8, 4) is 0 Å². The normalized spacial score (nSPS) is 12.4. The Hall–Kier alpha value is -0.830. The second kappa shape index (κ2) is 7.98. The minimum Gasteiger partial charge on any atom is -0.310 e. The van der Waals surface area contributed by atoms with E-state index >= 15 is 0 Å². The van der Waals surface area contributed by atoms with E-state index in [1.807, 2.05) is 12.1 Å². The maximum absolute atomic E-state index is 6.08. The lowest BCUT2D eigenvalue weighted by molar-refractivity contribution is 0.527. The van der Waals surface area contributed by atoms with Crippen LogP contribution >= 0.6 is 27.5 Å². The van der Waals surface area contributed by atoms with Crippen molar-refractivity contribution in [3.05, 3.63) is 68.7 Å². The highest BCUT2D eigenvalue weighted by Crippen LogP contribution is 2.25. The van der Waals surface area contributed by atoms with Gasteiger partial charge in [-0.3, -0.25) is 0 Å². The Bertz CT molecular complexity index is 580.